The normalized spacial score (nSPS) is 20.5. The van der Waals surface area contributed by atoms with E-state index in [1.54, 1.807) is 0 Å². The van der Waals surface area contributed by atoms with E-state index in [1.807, 2.05) is 13.1 Å². The van der Waals surface area contributed by atoms with Crippen LogP contribution in [0.25, 0.3) is 0 Å². The molecular weight excluding hydrogens is 197 g/mol. The molecule has 1 aromatic rings. The Hall–Kier alpha value is -1.34. The first-order chi connectivity index (χ1) is 7.79. The number of rotatable bonds is 2. The standard InChI is InChI=1S/C12H16BN3/c1-10-6-11(2-4-16-10)7-12-8-15-5-3-13(12)9-14/h2,4,6,12,15H,3,5,7-8H2,1H3. The van der Waals surface area contributed by atoms with E-state index in [2.05, 4.69) is 28.4 Å². The Morgan fingerprint density at radius 3 is 3.31 bits per heavy atom. The zero-order valence-electron chi connectivity index (χ0n) is 9.61. The van der Waals surface area contributed by atoms with Crippen LogP contribution in [-0.2, 0) is 6.42 Å². The van der Waals surface area contributed by atoms with Crippen LogP contribution in [0, 0.1) is 18.2 Å². The van der Waals surface area contributed by atoms with Gasteiger partial charge in [-0.15, -0.1) is 0 Å². The molecule has 1 saturated heterocycles. The van der Waals surface area contributed by atoms with Crippen molar-refractivity contribution in [3.63, 3.8) is 0 Å². The predicted octanol–water partition coefficient (Wildman–Crippen LogP) is 1.46. The Kier molecular flexibility index (Phi) is 3.58. The largest absolute Gasteiger partial charge is 0.318 e. The molecule has 0 aromatic carbocycles. The summed E-state index contributed by atoms with van der Waals surface area (Å²) >= 11 is 0. The van der Waals surface area contributed by atoms with Crippen LogP contribution in [0.15, 0.2) is 18.3 Å². The van der Waals surface area contributed by atoms with Crippen LogP contribution >= 0.6 is 0 Å². The van der Waals surface area contributed by atoms with Gasteiger partial charge in [-0.05, 0) is 56.3 Å². The monoisotopic (exact) mass is 213 g/mol. The highest BCUT2D eigenvalue weighted by Crippen LogP contribution is 2.21. The van der Waals surface area contributed by atoms with Crippen molar-refractivity contribution in [2.75, 3.05) is 13.1 Å². The average molecular weight is 213 g/mol. The van der Waals surface area contributed by atoms with Gasteiger partial charge in [-0.3, -0.25) is 4.98 Å². The van der Waals surface area contributed by atoms with Crippen molar-refractivity contribution >= 4 is 6.71 Å². The number of aryl methyl sites for hydroxylation is 1. The maximum Gasteiger partial charge on any atom is 0.273 e. The highest BCUT2D eigenvalue weighted by molar-refractivity contribution is 6.68. The zero-order chi connectivity index (χ0) is 11.4. The zero-order valence-corrected chi connectivity index (χ0v) is 9.61. The topological polar surface area (TPSA) is 48.7 Å². The highest BCUT2D eigenvalue weighted by atomic mass is 14.9. The Bertz CT molecular complexity index is 399. The van der Waals surface area contributed by atoms with E-state index < -0.39 is 0 Å². The van der Waals surface area contributed by atoms with E-state index in [0.29, 0.717) is 5.82 Å². The molecule has 2 heterocycles. The van der Waals surface area contributed by atoms with E-state index in [4.69, 9.17) is 5.26 Å². The van der Waals surface area contributed by atoms with Crippen LogP contribution in [-0.4, -0.2) is 24.8 Å². The summed E-state index contributed by atoms with van der Waals surface area (Å²) in [5.74, 6) is 2.88. The maximum absolute atomic E-state index is 9.10. The lowest BCUT2D eigenvalue weighted by atomic mass is 9.38. The summed E-state index contributed by atoms with van der Waals surface area (Å²) in [5.41, 5.74) is 2.34. The Balaban J connectivity index is 2.05. The Labute approximate surface area is 97.0 Å². The summed E-state index contributed by atoms with van der Waals surface area (Å²) in [6.07, 6.45) is 3.81. The molecule has 82 valence electrons. The molecule has 1 aliphatic rings. The second kappa shape index (κ2) is 5.13. The van der Waals surface area contributed by atoms with Gasteiger partial charge in [0.05, 0.1) is 0 Å². The fraction of sp³-hybridized carbons (Fsp3) is 0.500. The Morgan fingerprint density at radius 1 is 1.69 bits per heavy atom. The highest BCUT2D eigenvalue weighted by Gasteiger charge is 2.28. The number of pyridine rings is 1. The lowest BCUT2D eigenvalue weighted by Gasteiger charge is -2.25. The van der Waals surface area contributed by atoms with E-state index in [-0.39, 0.29) is 6.71 Å². The van der Waals surface area contributed by atoms with Gasteiger partial charge >= 0.3 is 0 Å². The van der Waals surface area contributed by atoms with E-state index in [9.17, 15) is 0 Å². The fourth-order valence-electron chi connectivity index (χ4n) is 2.34. The first kappa shape index (κ1) is 11.2. The molecule has 1 unspecified atom stereocenters. The van der Waals surface area contributed by atoms with Gasteiger partial charge in [-0.1, -0.05) is 0 Å². The molecule has 1 atom stereocenters. The average Bonchev–Trinajstić information content (AvgIpc) is 2.30. The predicted molar refractivity (Wildman–Crippen MR) is 65.5 cm³/mol. The van der Waals surface area contributed by atoms with Crippen molar-refractivity contribution in [3.8, 4) is 5.97 Å². The molecule has 1 aliphatic heterocycles. The maximum atomic E-state index is 9.10. The number of nitrogens with zero attached hydrogens (tertiary/aromatic N) is 2. The van der Waals surface area contributed by atoms with Gasteiger partial charge in [0.25, 0.3) is 6.71 Å². The molecule has 0 spiro atoms. The summed E-state index contributed by atoms with van der Waals surface area (Å²) in [4.78, 5) is 4.19. The molecular formula is C12H16BN3. The molecule has 0 amide bonds. The number of hydrogen-bond acceptors (Lipinski definition) is 3. The molecule has 1 fully saturated rings. The number of hydrogen-bond donors (Lipinski definition) is 1. The van der Waals surface area contributed by atoms with Crippen molar-refractivity contribution in [2.45, 2.75) is 25.5 Å². The van der Waals surface area contributed by atoms with Gasteiger partial charge in [0, 0.05) is 17.9 Å². The third-order valence-corrected chi connectivity index (χ3v) is 3.23. The number of nitriles is 1. The van der Waals surface area contributed by atoms with E-state index in [1.165, 1.54) is 5.56 Å². The van der Waals surface area contributed by atoms with E-state index >= 15 is 0 Å². The van der Waals surface area contributed by atoms with Crippen LogP contribution < -0.4 is 5.32 Å². The van der Waals surface area contributed by atoms with Crippen LogP contribution in [0.3, 0.4) is 0 Å². The van der Waals surface area contributed by atoms with Crippen molar-refractivity contribution in [3.05, 3.63) is 29.6 Å². The SMILES string of the molecule is Cc1cc(CC2CNCCB2C#N)ccn1. The molecule has 0 aliphatic carbocycles. The Morgan fingerprint density at radius 2 is 2.56 bits per heavy atom. The number of nitrogens with one attached hydrogen (secondary N) is 1. The first-order valence-corrected chi connectivity index (χ1v) is 5.81. The molecule has 0 saturated carbocycles. The van der Waals surface area contributed by atoms with Crippen molar-refractivity contribution < 1.29 is 0 Å². The summed E-state index contributed by atoms with van der Waals surface area (Å²) < 4.78 is 0. The van der Waals surface area contributed by atoms with Crippen molar-refractivity contribution in [1.29, 1.82) is 5.26 Å². The molecule has 3 nitrogen and oxygen atoms in total. The molecule has 2 rings (SSSR count). The molecule has 1 N–H and O–H groups in total. The van der Waals surface area contributed by atoms with Gasteiger partial charge < -0.3 is 5.32 Å². The molecule has 0 bridgehead atoms. The molecule has 1 aromatic heterocycles. The van der Waals surface area contributed by atoms with Crippen LogP contribution in [0.2, 0.25) is 12.1 Å². The van der Waals surface area contributed by atoms with Crippen LogP contribution in [0.1, 0.15) is 11.3 Å². The smallest absolute Gasteiger partial charge is 0.273 e. The van der Waals surface area contributed by atoms with Crippen molar-refractivity contribution in [2.24, 2.45) is 0 Å². The quantitative estimate of drug-likeness (QED) is 0.756. The first-order valence-electron chi connectivity index (χ1n) is 5.81. The minimum atomic E-state index is 0.203. The van der Waals surface area contributed by atoms with E-state index in [0.717, 1.165) is 31.5 Å². The molecule has 16 heavy (non-hydrogen) atoms. The van der Waals surface area contributed by atoms with Gasteiger partial charge in [-0.2, -0.15) is 0 Å². The molecule has 4 heteroatoms. The van der Waals surface area contributed by atoms with Gasteiger partial charge in [0.2, 0.25) is 0 Å². The number of aromatic nitrogens is 1. The van der Waals surface area contributed by atoms with Crippen LogP contribution in [0.4, 0.5) is 0 Å². The third-order valence-electron chi connectivity index (χ3n) is 3.23. The third kappa shape index (κ3) is 2.62. The lowest BCUT2D eigenvalue weighted by molar-refractivity contribution is 0.628. The van der Waals surface area contributed by atoms with Crippen LogP contribution in [0.5, 0.6) is 0 Å². The van der Waals surface area contributed by atoms with Gasteiger partial charge in [0.1, 0.15) is 0 Å². The fourth-order valence-corrected chi connectivity index (χ4v) is 2.34. The van der Waals surface area contributed by atoms with Gasteiger partial charge in [0.15, 0.2) is 0 Å². The summed E-state index contributed by atoms with van der Waals surface area (Å²) in [6.45, 7) is 4.14. The summed E-state index contributed by atoms with van der Waals surface area (Å²) in [6, 6.07) is 4.17. The minimum absolute atomic E-state index is 0.203. The second-order valence-corrected chi connectivity index (χ2v) is 4.50. The summed E-state index contributed by atoms with van der Waals surface area (Å²) in [5, 5.41) is 12.5. The second-order valence-electron chi connectivity index (χ2n) is 4.50. The molecule has 0 radical (unpaired) electrons. The van der Waals surface area contributed by atoms with Crippen molar-refractivity contribution in [1.82, 2.24) is 10.3 Å². The summed E-state index contributed by atoms with van der Waals surface area (Å²) in [7, 11) is 0. The van der Waals surface area contributed by atoms with Gasteiger partial charge in [-0.25, -0.2) is 5.26 Å². The minimum Gasteiger partial charge on any atom is -0.318 e. The lowest BCUT2D eigenvalue weighted by Crippen LogP contribution is -2.39.